The summed E-state index contributed by atoms with van der Waals surface area (Å²) in [4.78, 5) is 24.4. The Labute approximate surface area is 189 Å². The van der Waals surface area contributed by atoms with Gasteiger partial charge in [0, 0.05) is 27.8 Å². The molecule has 0 aliphatic heterocycles. The lowest BCUT2D eigenvalue weighted by molar-refractivity contribution is -0.145. The first-order chi connectivity index (χ1) is 14.6. The number of hydrogen-bond donors (Lipinski definition) is 1. The zero-order chi connectivity index (χ0) is 21.6. The Hall–Kier alpha value is -2.16. The van der Waals surface area contributed by atoms with Crippen LogP contribution in [-0.2, 0) is 14.3 Å². The van der Waals surface area contributed by atoms with Gasteiger partial charge in [0.05, 0.1) is 6.21 Å². The molecule has 2 rings (SSSR count). The largest absolute Gasteiger partial charge is 0.482 e. The molecule has 0 unspecified atom stereocenters. The van der Waals surface area contributed by atoms with E-state index in [1.54, 1.807) is 54.0 Å². The van der Waals surface area contributed by atoms with E-state index in [1.807, 2.05) is 30.5 Å². The lowest BCUT2D eigenvalue weighted by atomic mass is 10.2. The summed E-state index contributed by atoms with van der Waals surface area (Å²) in [5, 5.41) is 4.65. The van der Waals surface area contributed by atoms with Gasteiger partial charge in [0.1, 0.15) is 12.4 Å². The van der Waals surface area contributed by atoms with Crippen LogP contribution in [0.4, 0.5) is 0 Å². The van der Waals surface area contributed by atoms with Crippen molar-refractivity contribution in [1.29, 1.82) is 0 Å². The van der Waals surface area contributed by atoms with Crippen molar-refractivity contribution in [3.8, 4) is 5.75 Å². The van der Waals surface area contributed by atoms with Crippen LogP contribution in [-0.4, -0.2) is 49.1 Å². The van der Waals surface area contributed by atoms with Crippen LogP contribution in [0.25, 0.3) is 0 Å². The number of carbonyl (C=O) groups excluding carboxylic acids is 2. The SMILES string of the molecule is CSCCOC(=O)COc1ccc(/C=N\NC(=O)CCSc2ccc(Cl)cc2)cc1. The number of amides is 1. The zero-order valence-electron chi connectivity index (χ0n) is 16.5. The predicted octanol–water partition coefficient (Wildman–Crippen LogP) is 4.26. The lowest BCUT2D eigenvalue weighted by Gasteiger charge is -2.06. The first kappa shape index (κ1) is 24.1. The molecule has 9 heteroatoms. The van der Waals surface area contributed by atoms with Gasteiger partial charge in [-0.1, -0.05) is 11.6 Å². The van der Waals surface area contributed by atoms with E-state index in [1.165, 1.54) is 0 Å². The van der Waals surface area contributed by atoms with Crippen molar-refractivity contribution < 1.29 is 19.1 Å². The second-order valence-corrected chi connectivity index (χ2v) is 8.51. The molecule has 0 spiro atoms. The van der Waals surface area contributed by atoms with Crippen molar-refractivity contribution >= 4 is 53.2 Å². The molecule has 6 nitrogen and oxygen atoms in total. The van der Waals surface area contributed by atoms with Gasteiger partial charge < -0.3 is 9.47 Å². The van der Waals surface area contributed by atoms with E-state index in [0.717, 1.165) is 16.2 Å². The summed E-state index contributed by atoms with van der Waals surface area (Å²) in [6, 6.07) is 14.5. The number of nitrogens with zero attached hydrogens (tertiary/aromatic N) is 1. The molecule has 0 aliphatic carbocycles. The van der Waals surface area contributed by atoms with E-state index < -0.39 is 5.97 Å². The van der Waals surface area contributed by atoms with Gasteiger partial charge >= 0.3 is 5.97 Å². The van der Waals surface area contributed by atoms with E-state index in [-0.39, 0.29) is 12.5 Å². The number of carbonyl (C=O) groups is 2. The van der Waals surface area contributed by atoms with Gasteiger partial charge in [-0.3, -0.25) is 4.79 Å². The normalized spacial score (nSPS) is 10.7. The average Bonchev–Trinajstić information content (AvgIpc) is 2.75. The maximum Gasteiger partial charge on any atom is 0.344 e. The summed E-state index contributed by atoms with van der Waals surface area (Å²) in [5.41, 5.74) is 3.30. The van der Waals surface area contributed by atoms with E-state index >= 15 is 0 Å². The maximum absolute atomic E-state index is 11.9. The minimum Gasteiger partial charge on any atom is -0.482 e. The number of halogens is 1. The van der Waals surface area contributed by atoms with Gasteiger partial charge in [-0.25, -0.2) is 10.2 Å². The minimum absolute atomic E-state index is 0.133. The molecular weight excluding hydrogens is 444 g/mol. The van der Waals surface area contributed by atoms with Crippen LogP contribution in [0.1, 0.15) is 12.0 Å². The fraction of sp³-hybridized carbons (Fsp3) is 0.286. The fourth-order valence-electron chi connectivity index (χ4n) is 2.10. The Kier molecular flexibility index (Phi) is 11.2. The van der Waals surface area contributed by atoms with Gasteiger partial charge in [-0.2, -0.15) is 16.9 Å². The molecule has 0 bridgehead atoms. The first-order valence-corrected chi connectivity index (χ1v) is 11.9. The van der Waals surface area contributed by atoms with Crippen LogP contribution in [0.3, 0.4) is 0 Å². The number of thioether (sulfide) groups is 2. The number of nitrogens with one attached hydrogen (secondary N) is 1. The summed E-state index contributed by atoms with van der Waals surface area (Å²) in [5.74, 6) is 1.41. The second-order valence-electron chi connectivity index (χ2n) is 5.92. The monoisotopic (exact) mass is 466 g/mol. The van der Waals surface area contributed by atoms with Crippen molar-refractivity contribution in [1.82, 2.24) is 5.43 Å². The lowest BCUT2D eigenvalue weighted by Crippen LogP contribution is -2.17. The molecular formula is C21H23ClN2O4S2. The van der Waals surface area contributed by atoms with Crippen LogP contribution in [0.5, 0.6) is 5.75 Å². The summed E-state index contributed by atoms with van der Waals surface area (Å²) < 4.78 is 10.4. The summed E-state index contributed by atoms with van der Waals surface area (Å²) in [6.07, 6.45) is 3.85. The van der Waals surface area contributed by atoms with E-state index in [0.29, 0.717) is 29.6 Å². The predicted molar refractivity (Wildman–Crippen MR) is 124 cm³/mol. The molecule has 160 valence electrons. The zero-order valence-corrected chi connectivity index (χ0v) is 18.9. The highest BCUT2D eigenvalue weighted by Crippen LogP contribution is 2.20. The Morgan fingerprint density at radius 3 is 2.53 bits per heavy atom. The van der Waals surface area contributed by atoms with Gasteiger partial charge in [-0.15, -0.1) is 11.8 Å². The molecule has 0 heterocycles. The second kappa shape index (κ2) is 14.0. The van der Waals surface area contributed by atoms with Gasteiger partial charge in [0.25, 0.3) is 0 Å². The number of hydrogen-bond acceptors (Lipinski definition) is 7. The molecule has 0 aliphatic rings. The van der Waals surface area contributed by atoms with Crippen LogP contribution >= 0.6 is 35.1 Å². The third-order valence-electron chi connectivity index (χ3n) is 3.60. The molecule has 2 aromatic rings. The number of rotatable bonds is 12. The number of hydrazone groups is 1. The Morgan fingerprint density at radius 1 is 1.10 bits per heavy atom. The van der Waals surface area contributed by atoms with Crippen molar-refractivity contribution in [2.45, 2.75) is 11.3 Å². The topological polar surface area (TPSA) is 77.0 Å². The Morgan fingerprint density at radius 2 is 1.83 bits per heavy atom. The van der Waals surface area contributed by atoms with Gasteiger partial charge in [0.2, 0.25) is 5.91 Å². The highest BCUT2D eigenvalue weighted by atomic mass is 35.5. The molecule has 0 saturated heterocycles. The summed E-state index contributed by atoms with van der Waals surface area (Å²) in [7, 11) is 0. The van der Waals surface area contributed by atoms with Crippen LogP contribution in [0, 0.1) is 0 Å². The third-order valence-corrected chi connectivity index (χ3v) is 5.44. The smallest absolute Gasteiger partial charge is 0.344 e. The standard InChI is InChI=1S/C21H23ClN2O4S2/c1-29-13-11-27-21(26)15-28-18-6-2-16(3-7-18)14-23-24-20(25)10-12-30-19-8-4-17(22)5-9-19/h2-9,14H,10-13,15H2,1H3,(H,24,25)/b23-14-. The maximum atomic E-state index is 11.9. The molecule has 2 aromatic carbocycles. The highest BCUT2D eigenvalue weighted by Gasteiger charge is 2.04. The number of ether oxygens (including phenoxy) is 2. The van der Waals surface area contributed by atoms with Gasteiger partial charge in [-0.05, 0) is 60.4 Å². The molecule has 0 radical (unpaired) electrons. The molecule has 1 N–H and O–H groups in total. The van der Waals surface area contributed by atoms with Crippen molar-refractivity contribution in [2.75, 3.05) is 31.0 Å². The van der Waals surface area contributed by atoms with E-state index in [9.17, 15) is 9.59 Å². The van der Waals surface area contributed by atoms with Crippen LogP contribution in [0.15, 0.2) is 58.5 Å². The Balaban J connectivity index is 1.64. The van der Waals surface area contributed by atoms with E-state index in [4.69, 9.17) is 21.1 Å². The van der Waals surface area contributed by atoms with Crippen molar-refractivity contribution in [3.63, 3.8) is 0 Å². The fourth-order valence-corrected chi connectivity index (χ4v) is 3.33. The molecule has 0 aromatic heterocycles. The molecule has 30 heavy (non-hydrogen) atoms. The third kappa shape index (κ3) is 10.0. The molecule has 0 saturated carbocycles. The summed E-state index contributed by atoms with van der Waals surface area (Å²) >= 11 is 9.04. The molecule has 1 amide bonds. The molecule has 0 fully saturated rings. The highest BCUT2D eigenvalue weighted by molar-refractivity contribution is 7.99. The number of esters is 1. The van der Waals surface area contributed by atoms with Gasteiger partial charge in [0.15, 0.2) is 6.61 Å². The van der Waals surface area contributed by atoms with Crippen LogP contribution < -0.4 is 10.2 Å². The summed E-state index contributed by atoms with van der Waals surface area (Å²) in [6.45, 7) is 0.246. The van der Waals surface area contributed by atoms with Crippen molar-refractivity contribution in [3.05, 3.63) is 59.1 Å². The molecule has 0 atom stereocenters. The average molecular weight is 467 g/mol. The van der Waals surface area contributed by atoms with E-state index in [2.05, 4.69) is 10.5 Å². The number of benzene rings is 2. The quantitative estimate of drug-likeness (QED) is 0.165. The Bertz CT molecular complexity index is 830. The van der Waals surface area contributed by atoms with Crippen LogP contribution in [0.2, 0.25) is 5.02 Å². The minimum atomic E-state index is -0.397. The first-order valence-electron chi connectivity index (χ1n) is 9.14. The van der Waals surface area contributed by atoms with Crippen molar-refractivity contribution in [2.24, 2.45) is 5.10 Å².